The Morgan fingerprint density at radius 2 is 2.03 bits per heavy atom. The number of hydrogen-bond acceptors (Lipinski definition) is 6. The number of carbonyl (C=O) groups is 2. The fraction of sp³-hybridized carbons (Fsp3) is 0.333. The van der Waals surface area contributed by atoms with Crippen molar-refractivity contribution in [3.05, 3.63) is 77.0 Å². The molecule has 1 aliphatic rings. The van der Waals surface area contributed by atoms with Crippen molar-refractivity contribution in [3.63, 3.8) is 0 Å². The lowest BCUT2D eigenvalue weighted by molar-refractivity contribution is 0.0446. The van der Waals surface area contributed by atoms with Crippen LogP contribution in [0.25, 0.3) is 0 Å². The average Bonchev–Trinajstić information content (AvgIpc) is 3.32. The molecule has 33 heavy (non-hydrogen) atoms. The van der Waals surface area contributed by atoms with Crippen molar-refractivity contribution in [1.29, 1.82) is 0 Å². The van der Waals surface area contributed by atoms with Crippen LogP contribution >= 0.6 is 0 Å². The minimum atomic E-state index is -0.417. The number of rotatable bonds is 5. The molecule has 1 aliphatic heterocycles. The molecule has 9 heteroatoms. The van der Waals surface area contributed by atoms with E-state index in [-0.39, 0.29) is 23.6 Å². The van der Waals surface area contributed by atoms with Crippen molar-refractivity contribution < 1.29 is 18.4 Å². The maximum absolute atomic E-state index is 14.4. The quantitative estimate of drug-likeness (QED) is 0.639. The first kappa shape index (κ1) is 22.6. The molecular formula is C24H26FN5O3. The first-order chi connectivity index (χ1) is 15.8. The van der Waals surface area contributed by atoms with E-state index in [0.717, 1.165) is 16.8 Å². The molecule has 2 amide bonds. The summed E-state index contributed by atoms with van der Waals surface area (Å²) in [5, 5.41) is 2.80. The summed E-state index contributed by atoms with van der Waals surface area (Å²) >= 11 is 0. The van der Waals surface area contributed by atoms with Gasteiger partial charge in [0.1, 0.15) is 5.82 Å². The number of nitrogens with one attached hydrogen (secondary N) is 1. The van der Waals surface area contributed by atoms with E-state index in [1.54, 1.807) is 17.0 Å². The molecular weight excluding hydrogens is 425 g/mol. The molecule has 1 N–H and O–H groups in total. The van der Waals surface area contributed by atoms with E-state index in [1.807, 2.05) is 20.8 Å². The van der Waals surface area contributed by atoms with E-state index in [2.05, 4.69) is 20.2 Å². The van der Waals surface area contributed by atoms with Crippen LogP contribution in [-0.2, 0) is 6.54 Å². The minimum absolute atomic E-state index is 0.0431. The van der Waals surface area contributed by atoms with Crippen molar-refractivity contribution in [1.82, 2.24) is 19.8 Å². The number of benzene rings is 1. The van der Waals surface area contributed by atoms with Crippen molar-refractivity contribution in [3.8, 4) is 0 Å². The Bertz CT molecular complexity index is 1150. The van der Waals surface area contributed by atoms with Gasteiger partial charge in [0, 0.05) is 49.8 Å². The summed E-state index contributed by atoms with van der Waals surface area (Å²) in [4.78, 5) is 37.1. The number of carbonyl (C=O) groups excluding carboxylic acids is 2. The third-order valence-electron chi connectivity index (χ3n) is 5.91. The van der Waals surface area contributed by atoms with Gasteiger partial charge < -0.3 is 14.6 Å². The van der Waals surface area contributed by atoms with Gasteiger partial charge in [-0.05, 0) is 56.2 Å². The second-order valence-electron chi connectivity index (χ2n) is 8.33. The zero-order chi connectivity index (χ0) is 23.5. The molecule has 1 aromatic carbocycles. The van der Waals surface area contributed by atoms with Gasteiger partial charge in [-0.3, -0.25) is 19.5 Å². The smallest absolute Gasteiger partial charge is 0.291 e. The summed E-state index contributed by atoms with van der Waals surface area (Å²) in [6.07, 6.45) is 4.16. The maximum atomic E-state index is 14.4. The van der Waals surface area contributed by atoms with E-state index < -0.39 is 5.82 Å². The second kappa shape index (κ2) is 9.50. The molecule has 0 saturated carbocycles. The third-order valence-corrected chi connectivity index (χ3v) is 5.91. The minimum Gasteiger partial charge on any atom is -0.438 e. The van der Waals surface area contributed by atoms with Crippen LogP contribution in [0.1, 0.15) is 44.7 Å². The van der Waals surface area contributed by atoms with E-state index in [1.165, 1.54) is 30.9 Å². The van der Waals surface area contributed by atoms with E-state index in [9.17, 15) is 14.0 Å². The highest BCUT2D eigenvalue weighted by Gasteiger charge is 2.30. The van der Waals surface area contributed by atoms with Crippen LogP contribution in [0.5, 0.6) is 0 Å². The van der Waals surface area contributed by atoms with Crippen LogP contribution in [0.3, 0.4) is 0 Å². The van der Waals surface area contributed by atoms with Crippen LogP contribution in [0, 0.1) is 19.7 Å². The average molecular weight is 452 g/mol. The fourth-order valence-electron chi connectivity index (χ4n) is 4.01. The normalized spacial score (nSPS) is 16.6. The van der Waals surface area contributed by atoms with Gasteiger partial charge in [-0.25, -0.2) is 9.37 Å². The predicted octanol–water partition coefficient (Wildman–Crippen LogP) is 3.42. The van der Waals surface area contributed by atoms with Crippen LogP contribution in [0.4, 0.5) is 10.1 Å². The fourth-order valence-corrected chi connectivity index (χ4v) is 4.01. The van der Waals surface area contributed by atoms with Crippen LogP contribution in [-0.4, -0.2) is 57.3 Å². The monoisotopic (exact) mass is 451 g/mol. The number of amides is 2. The number of halogens is 1. The summed E-state index contributed by atoms with van der Waals surface area (Å²) in [6, 6.07) is 6.23. The lowest BCUT2D eigenvalue weighted by Gasteiger charge is -2.39. The SMILES string of the molecule is Cc1ccc(C(=O)Nc2cc(F)cc(CN3CCN(C(=O)c4cnco4)[C@@H](C)C3)c2C)cn1. The first-order valence-corrected chi connectivity index (χ1v) is 10.8. The molecule has 0 radical (unpaired) electrons. The number of pyridine rings is 1. The van der Waals surface area contributed by atoms with Gasteiger partial charge in [0.2, 0.25) is 5.76 Å². The molecule has 1 saturated heterocycles. The van der Waals surface area contributed by atoms with E-state index >= 15 is 0 Å². The van der Waals surface area contributed by atoms with Gasteiger partial charge in [0.15, 0.2) is 6.39 Å². The number of nitrogens with zero attached hydrogens (tertiary/aromatic N) is 4. The Labute approximate surface area is 191 Å². The maximum Gasteiger partial charge on any atom is 0.291 e. The number of hydrogen-bond donors (Lipinski definition) is 1. The third kappa shape index (κ3) is 5.09. The van der Waals surface area contributed by atoms with Crippen molar-refractivity contribution in [2.45, 2.75) is 33.4 Å². The molecule has 1 fully saturated rings. The second-order valence-corrected chi connectivity index (χ2v) is 8.33. The van der Waals surface area contributed by atoms with Gasteiger partial charge in [-0.15, -0.1) is 0 Å². The van der Waals surface area contributed by atoms with Crippen LogP contribution < -0.4 is 5.32 Å². The molecule has 8 nitrogen and oxygen atoms in total. The van der Waals surface area contributed by atoms with Crippen LogP contribution in [0.2, 0.25) is 0 Å². The Morgan fingerprint density at radius 1 is 1.21 bits per heavy atom. The summed E-state index contributed by atoms with van der Waals surface area (Å²) in [5.41, 5.74) is 3.25. The molecule has 0 bridgehead atoms. The van der Waals surface area contributed by atoms with Crippen molar-refractivity contribution in [2.24, 2.45) is 0 Å². The number of piperazine rings is 1. The summed E-state index contributed by atoms with van der Waals surface area (Å²) in [7, 11) is 0. The number of aromatic nitrogens is 2. The first-order valence-electron chi connectivity index (χ1n) is 10.8. The zero-order valence-corrected chi connectivity index (χ0v) is 18.8. The molecule has 1 atom stereocenters. The summed E-state index contributed by atoms with van der Waals surface area (Å²) in [5.74, 6) is -0.715. The molecule has 2 aromatic heterocycles. The van der Waals surface area contributed by atoms with Gasteiger partial charge in [-0.2, -0.15) is 0 Å². The molecule has 0 spiro atoms. The molecule has 4 rings (SSSR count). The van der Waals surface area contributed by atoms with Crippen LogP contribution in [0.15, 0.2) is 47.5 Å². The number of aryl methyl sites for hydroxylation is 1. The summed E-state index contributed by atoms with van der Waals surface area (Å²) in [6.45, 7) is 7.98. The van der Waals surface area contributed by atoms with Crippen molar-refractivity contribution in [2.75, 3.05) is 25.0 Å². The lowest BCUT2D eigenvalue weighted by Crippen LogP contribution is -2.53. The summed E-state index contributed by atoms with van der Waals surface area (Å²) < 4.78 is 19.6. The molecule has 3 heterocycles. The standard InChI is InChI=1S/C24H26FN5O3/c1-15-4-5-18(10-27-15)23(31)28-21-9-20(25)8-19(17(21)3)13-29-6-7-30(16(2)12-29)24(32)22-11-26-14-33-22/h4-5,8-11,14,16H,6-7,12-13H2,1-3H3,(H,28,31)/t16-/m0/s1. The lowest BCUT2D eigenvalue weighted by atomic mass is 10.0. The largest absolute Gasteiger partial charge is 0.438 e. The van der Waals surface area contributed by atoms with Gasteiger partial charge in [0.05, 0.1) is 11.8 Å². The highest BCUT2D eigenvalue weighted by Crippen LogP contribution is 2.25. The number of oxazole rings is 1. The van der Waals surface area contributed by atoms with E-state index in [4.69, 9.17) is 4.42 Å². The molecule has 0 aliphatic carbocycles. The molecule has 3 aromatic rings. The molecule has 172 valence electrons. The zero-order valence-electron chi connectivity index (χ0n) is 18.8. The topological polar surface area (TPSA) is 91.6 Å². The predicted molar refractivity (Wildman–Crippen MR) is 120 cm³/mol. The highest BCUT2D eigenvalue weighted by atomic mass is 19.1. The van der Waals surface area contributed by atoms with Gasteiger partial charge in [0.25, 0.3) is 11.8 Å². The Balaban J connectivity index is 1.44. The van der Waals surface area contributed by atoms with E-state index in [0.29, 0.717) is 37.4 Å². The highest BCUT2D eigenvalue weighted by molar-refractivity contribution is 6.04. The van der Waals surface area contributed by atoms with Gasteiger partial charge in [-0.1, -0.05) is 0 Å². The number of anilines is 1. The van der Waals surface area contributed by atoms with Crippen molar-refractivity contribution >= 4 is 17.5 Å². The Hall–Kier alpha value is -3.59. The Kier molecular flexibility index (Phi) is 6.50. The van der Waals surface area contributed by atoms with Gasteiger partial charge >= 0.3 is 0 Å². The Morgan fingerprint density at radius 3 is 2.70 bits per heavy atom. The molecule has 0 unspecified atom stereocenters.